The molecule has 0 bridgehead atoms. The molecule has 0 aliphatic carbocycles. The highest BCUT2D eigenvalue weighted by Gasteiger charge is 2.18. The van der Waals surface area contributed by atoms with Crippen molar-refractivity contribution in [3.63, 3.8) is 0 Å². The SMILES string of the molecule is CC(=O)c1cccc(NS(=O)(=O)c2cccc3cccnc23)c1. The first-order valence-electron chi connectivity index (χ1n) is 6.95. The number of ketones is 1. The average molecular weight is 326 g/mol. The molecule has 3 rings (SSSR count). The van der Waals surface area contributed by atoms with Crippen LogP contribution in [0, 0.1) is 0 Å². The number of Topliss-reactive ketones (excluding diaryl/α,β-unsaturated/α-hetero) is 1. The number of sulfonamides is 1. The molecule has 2 aromatic carbocycles. The summed E-state index contributed by atoms with van der Waals surface area (Å²) in [5.41, 5.74) is 1.19. The molecule has 1 heterocycles. The van der Waals surface area contributed by atoms with Gasteiger partial charge in [-0.05, 0) is 31.2 Å². The smallest absolute Gasteiger partial charge is 0.264 e. The van der Waals surface area contributed by atoms with Gasteiger partial charge in [-0.15, -0.1) is 0 Å². The lowest BCUT2D eigenvalue weighted by molar-refractivity contribution is 0.101. The summed E-state index contributed by atoms with van der Waals surface area (Å²) in [4.78, 5) is 15.7. The van der Waals surface area contributed by atoms with Crippen LogP contribution in [0.4, 0.5) is 5.69 Å². The molecule has 0 aliphatic rings. The summed E-state index contributed by atoms with van der Waals surface area (Å²) in [6, 6.07) is 14.9. The van der Waals surface area contributed by atoms with Crippen LogP contribution < -0.4 is 4.72 Å². The molecule has 0 spiro atoms. The fraction of sp³-hybridized carbons (Fsp3) is 0.0588. The lowest BCUT2D eigenvalue weighted by atomic mass is 10.1. The molecular weight excluding hydrogens is 312 g/mol. The van der Waals surface area contributed by atoms with Gasteiger partial charge in [-0.1, -0.05) is 30.3 Å². The molecule has 0 radical (unpaired) electrons. The minimum atomic E-state index is -3.81. The molecule has 1 N–H and O–H groups in total. The van der Waals surface area contributed by atoms with Crippen molar-refractivity contribution in [1.29, 1.82) is 0 Å². The Bertz CT molecular complexity index is 992. The molecule has 6 heteroatoms. The van der Waals surface area contributed by atoms with Crippen molar-refractivity contribution in [2.75, 3.05) is 4.72 Å². The van der Waals surface area contributed by atoms with Crippen LogP contribution in [0.2, 0.25) is 0 Å². The molecule has 0 amide bonds. The Kier molecular flexibility index (Phi) is 3.83. The highest BCUT2D eigenvalue weighted by Crippen LogP contribution is 2.23. The van der Waals surface area contributed by atoms with Crippen molar-refractivity contribution in [3.05, 3.63) is 66.4 Å². The van der Waals surface area contributed by atoms with Crippen LogP contribution in [-0.4, -0.2) is 19.2 Å². The van der Waals surface area contributed by atoms with Gasteiger partial charge in [0.2, 0.25) is 0 Å². The van der Waals surface area contributed by atoms with Gasteiger partial charge in [0, 0.05) is 22.8 Å². The molecule has 1 aromatic heterocycles. The second-order valence-electron chi connectivity index (χ2n) is 5.07. The van der Waals surface area contributed by atoms with E-state index in [-0.39, 0.29) is 10.7 Å². The van der Waals surface area contributed by atoms with E-state index in [1.807, 2.05) is 0 Å². The van der Waals surface area contributed by atoms with E-state index >= 15 is 0 Å². The zero-order chi connectivity index (χ0) is 16.4. The van der Waals surface area contributed by atoms with Gasteiger partial charge in [-0.2, -0.15) is 0 Å². The Balaban J connectivity index is 2.05. The molecule has 3 aromatic rings. The van der Waals surface area contributed by atoms with Crippen molar-refractivity contribution in [2.45, 2.75) is 11.8 Å². The number of fused-ring (bicyclic) bond motifs is 1. The number of pyridine rings is 1. The minimum absolute atomic E-state index is 0.101. The maximum absolute atomic E-state index is 12.7. The predicted octanol–water partition coefficient (Wildman–Crippen LogP) is 3.24. The van der Waals surface area contributed by atoms with Gasteiger partial charge in [0.25, 0.3) is 10.0 Å². The summed E-state index contributed by atoms with van der Waals surface area (Å²) in [7, 11) is -3.81. The number of carbonyl (C=O) groups is 1. The number of benzene rings is 2. The van der Waals surface area contributed by atoms with Gasteiger partial charge in [0.1, 0.15) is 4.90 Å². The third-order valence-corrected chi connectivity index (χ3v) is 4.82. The standard InChI is InChI=1S/C17H14N2O3S/c1-12(20)14-6-2-8-15(11-14)19-23(21,22)16-9-3-5-13-7-4-10-18-17(13)16/h2-11,19H,1H3. The topological polar surface area (TPSA) is 76.1 Å². The first-order chi connectivity index (χ1) is 11.0. The largest absolute Gasteiger partial charge is 0.295 e. The number of carbonyl (C=O) groups excluding carboxylic acids is 1. The van der Waals surface area contributed by atoms with Gasteiger partial charge in [0.15, 0.2) is 5.78 Å². The number of para-hydroxylation sites is 1. The maximum atomic E-state index is 12.7. The quantitative estimate of drug-likeness (QED) is 0.747. The van der Waals surface area contributed by atoms with Crippen LogP contribution in [0.25, 0.3) is 10.9 Å². The van der Waals surface area contributed by atoms with E-state index in [0.717, 1.165) is 5.39 Å². The van der Waals surface area contributed by atoms with Gasteiger partial charge in [-0.3, -0.25) is 14.5 Å². The van der Waals surface area contributed by atoms with Gasteiger partial charge < -0.3 is 0 Å². The molecule has 0 saturated carbocycles. The van der Waals surface area contributed by atoms with Gasteiger partial charge in [0.05, 0.1) is 5.52 Å². The summed E-state index contributed by atoms with van der Waals surface area (Å²) >= 11 is 0. The first kappa shape index (κ1) is 15.2. The van der Waals surface area contributed by atoms with E-state index < -0.39 is 10.0 Å². The molecule has 0 unspecified atom stereocenters. The van der Waals surface area contributed by atoms with Crippen LogP contribution in [0.5, 0.6) is 0 Å². The van der Waals surface area contributed by atoms with Gasteiger partial charge >= 0.3 is 0 Å². The molecule has 0 aliphatic heterocycles. The third-order valence-electron chi connectivity index (χ3n) is 3.41. The first-order valence-corrected chi connectivity index (χ1v) is 8.43. The molecule has 5 nitrogen and oxygen atoms in total. The van der Waals surface area contributed by atoms with E-state index in [2.05, 4.69) is 9.71 Å². The fourth-order valence-corrected chi connectivity index (χ4v) is 3.53. The second-order valence-corrected chi connectivity index (χ2v) is 6.72. The van der Waals surface area contributed by atoms with Crippen LogP contribution >= 0.6 is 0 Å². The zero-order valence-corrected chi connectivity index (χ0v) is 13.2. The van der Waals surface area contributed by atoms with Crippen molar-refractivity contribution < 1.29 is 13.2 Å². The molecular formula is C17H14N2O3S. The summed E-state index contributed by atoms with van der Waals surface area (Å²) in [5.74, 6) is -0.127. The fourth-order valence-electron chi connectivity index (χ4n) is 2.30. The Morgan fingerprint density at radius 2 is 1.78 bits per heavy atom. The number of nitrogens with one attached hydrogen (secondary N) is 1. The van der Waals surface area contributed by atoms with Crippen LogP contribution in [0.1, 0.15) is 17.3 Å². The molecule has 23 heavy (non-hydrogen) atoms. The minimum Gasteiger partial charge on any atom is -0.295 e. The molecule has 0 saturated heterocycles. The normalized spacial score (nSPS) is 11.3. The monoisotopic (exact) mass is 326 g/mol. The van der Waals surface area contributed by atoms with Crippen LogP contribution in [0.15, 0.2) is 65.7 Å². The Hall–Kier alpha value is -2.73. The van der Waals surface area contributed by atoms with Crippen molar-refractivity contribution in [3.8, 4) is 0 Å². The van der Waals surface area contributed by atoms with E-state index in [4.69, 9.17) is 0 Å². The Labute approximate surface area is 134 Å². The molecule has 0 fully saturated rings. The predicted molar refractivity (Wildman–Crippen MR) is 89.0 cm³/mol. The summed E-state index contributed by atoms with van der Waals surface area (Å²) < 4.78 is 27.8. The number of anilines is 1. The summed E-state index contributed by atoms with van der Waals surface area (Å²) in [6.45, 7) is 1.43. The highest BCUT2D eigenvalue weighted by atomic mass is 32.2. The van der Waals surface area contributed by atoms with Crippen molar-refractivity contribution in [1.82, 2.24) is 4.98 Å². The van der Waals surface area contributed by atoms with Crippen molar-refractivity contribution >= 4 is 32.4 Å². The number of hydrogen-bond donors (Lipinski definition) is 1. The number of aromatic nitrogens is 1. The molecule has 116 valence electrons. The Morgan fingerprint density at radius 3 is 2.57 bits per heavy atom. The zero-order valence-electron chi connectivity index (χ0n) is 12.4. The maximum Gasteiger partial charge on any atom is 0.264 e. The summed E-state index contributed by atoms with van der Waals surface area (Å²) in [6.07, 6.45) is 1.55. The number of rotatable bonds is 4. The number of hydrogen-bond acceptors (Lipinski definition) is 4. The lowest BCUT2D eigenvalue weighted by Gasteiger charge is -2.10. The van der Waals surface area contributed by atoms with E-state index in [1.165, 1.54) is 19.1 Å². The lowest BCUT2D eigenvalue weighted by Crippen LogP contribution is -2.14. The highest BCUT2D eigenvalue weighted by molar-refractivity contribution is 7.93. The summed E-state index contributed by atoms with van der Waals surface area (Å²) in [5, 5.41) is 0.743. The average Bonchev–Trinajstić information content (AvgIpc) is 2.54. The molecule has 0 atom stereocenters. The van der Waals surface area contributed by atoms with Crippen LogP contribution in [-0.2, 0) is 10.0 Å². The van der Waals surface area contributed by atoms with Gasteiger partial charge in [-0.25, -0.2) is 8.42 Å². The third kappa shape index (κ3) is 3.07. The van der Waals surface area contributed by atoms with Crippen molar-refractivity contribution in [2.24, 2.45) is 0 Å². The second kappa shape index (κ2) is 5.81. The van der Waals surface area contributed by atoms with E-state index in [0.29, 0.717) is 16.8 Å². The Morgan fingerprint density at radius 1 is 1.04 bits per heavy atom. The van der Waals surface area contributed by atoms with Crippen LogP contribution in [0.3, 0.4) is 0 Å². The van der Waals surface area contributed by atoms with E-state index in [1.54, 1.807) is 48.7 Å². The van der Waals surface area contributed by atoms with E-state index in [9.17, 15) is 13.2 Å². The number of nitrogens with zero attached hydrogens (tertiary/aromatic N) is 1.